The van der Waals surface area contributed by atoms with Gasteiger partial charge in [-0.15, -0.1) is 0 Å². The van der Waals surface area contributed by atoms with Crippen LogP contribution in [0.1, 0.15) is 52.7 Å². The maximum atomic E-state index is 12.4. The van der Waals surface area contributed by atoms with Crippen LogP contribution in [0.15, 0.2) is 206 Å². The third-order valence-electron chi connectivity index (χ3n) is 11.9. The van der Waals surface area contributed by atoms with E-state index in [1.807, 2.05) is 18.3 Å². The van der Waals surface area contributed by atoms with Crippen LogP contribution in [0.2, 0.25) is 0 Å². The van der Waals surface area contributed by atoms with E-state index >= 15 is 0 Å². The summed E-state index contributed by atoms with van der Waals surface area (Å²) in [5.41, 5.74) is 15.2. The minimum Gasteiger partial charge on any atom is -0.507 e. The molecule has 9 rings (SSSR count). The fourth-order valence-corrected chi connectivity index (χ4v) is 8.41. The quantitative estimate of drug-likeness (QED) is 0.157. The molecule has 2 aromatic heterocycles. The number of anilines is 3. The van der Waals surface area contributed by atoms with Crippen molar-refractivity contribution in [1.82, 2.24) is 9.97 Å². The number of nitrogens with zero attached hydrogens (tertiary/aromatic N) is 3. The second-order valence-corrected chi connectivity index (χ2v) is 18.5. The summed E-state index contributed by atoms with van der Waals surface area (Å²) in [6, 6.07) is 70.1. The van der Waals surface area contributed by atoms with Gasteiger partial charge in [0.2, 0.25) is 0 Å². The minimum atomic E-state index is -0.319. The van der Waals surface area contributed by atoms with Crippen molar-refractivity contribution >= 4 is 17.2 Å². The van der Waals surface area contributed by atoms with Crippen molar-refractivity contribution in [1.29, 1.82) is 0 Å². The molecule has 7 aromatic carbocycles. The number of pyridine rings is 2. The number of phenolic OH excluding ortho intramolecular Hbond substituents is 1. The normalized spacial score (nSPS) is 11.7. The lowest BCUT2D eigenvalue weighted by molar-refractivity contribution is 0.446. The number of para-hydroxylation sites is 1. The van der Waals surface area contributed by atoms with Crippen LogP contribution in [0.5, 0.6) is 5.75 Å². The SMILES string of the molecule is CC(C)(C)c1cc(-c2cc(-c3ccccc3)cc(N(c3cc(-c4ccccc4)cc(-c4cc(-c5ccccc5)ccn4)c3)c3ccccc3-c3ccccc3)n2)c(O)c(C(C)(C)C)c1. The van der Waals surface area contributed by atoms with E-state index in [1.165, 1.54) is 0 Å². The Labute approximate surface area is 378 Å². The van der Waals surface area contributed by atoms with Gasteiger partial charge in [0.05, 0.1) is 17.1 Å². The molecule has 0 saturated heterocycles. The number of aromatic hydroxyl groups is 1. The van der Waals surface area contributed by atoms with Crippen LogP contribution in [0.25, 0.3) is 67.0 Å². The van der Waals surface area contributed by atoms with Gasteiger partial charge in [0.1, 0.15) is 11.6 Å². The highest BCUT2D eigenvalue weighted by Crippen LogP contribution is 2.47. The van der Waals surface area contributed by atoms with E-state index in [0.717, 1.165) is 78.3 Å². The summed E-state index contributed by atoms with van der Waals surface area (Å²) in [7, 11) is 0. The Bertz CT molecular complexity index is 3060. The average molecular weight is 832 g/mol. The highest BCUT2D eigenvalue weighted by Gasteiger charge is 2.28. The molecule has 0 amide bonds. The van der Waals surface area contributed by atoms with Crippen molar-refractivity contribution in [3.05, 3.63) is 218 Å². The first-order valence-electron chi connectivity index (χ1n) is 22.0. The zero-order chi connectivity index (χ0) is 44.4. The van der Waals surface area contributed by atoms with Crippen LogP contribution in [0.4, 0.5) is 17.2 Å². The molecule has 0 aliphatic carbocycles. The molecule has 2 heterocycles. The summed E-state index contributed by atoms with van der Waals surface area (Å²) in [4.78, 5) is 12.9. The van der Waals surface area contributed by atoms with Gasteiger partial charge in [0, 0.05) is 34.1 Å². The minimum absolute atomic E-state index is 0.177. The van der Waals surface area contributed by atoms with E-state index in [-0.39, 0.29) is 16.6 Å². The molecule has 4 heteroatoms. The topological polar surface area (TPSA) is 49.2 Å². The maximum absolute atomic E-state index is 12.4. The molecule has 314 valence electrons. The zero-order valence-corrected chi connectivity index (χ0v) is 37.4. The zero-order valence-electron chi connectivity index (χ0n) is 37.4. The second kappa shape index (κ2) is 17.3. The molecular formula is C60H53N3O. The van der Waals surface area contributed by atoms with Crippen LogP contribution >= 0.6 is 0 Å². The molecule has 0 fully saturated rings. The smallest absolute Gasteiger partial charge is 0.138 e. The second-order valence-electron chi connectivity index (χ2n) is 18.5. The molecule has 9 aromatic rings. The van der Waals surface area contributed by atoms with Gasteiger partial charge in [-0.3, -0.25) is 9.88 Å². The van der Waals surface area contributed by atoms with Gasteiger partial charge in [-0.05, 0) is 110 Å². The molecular weight excluding hydrogens is 779 g/mol. The van der Waals surface area contributed by atoms with Gasteiger partial charge in [-0.1, -0.05) is 187 Å². The maximum Gasteiger partial charge on any atom is 0.138 e. The lowest BCUT2D eigenvalue weighted by atomic mass is 9.78. The molecule has 0 saturated carbocycles. The Morgan fingerprint density at radius 2 is 0.922 bits per heavy atom. The first-order valence-corrected chi connectivity index (χ1v) is 22.0. The third-order valence-corrected chi connectivity index (χ3v) is 11.9. The molecule has 0 bridgehead atoms. The third kappa shape index (κ3) is 8.73. The molecule has 0 aliphatic rings. The largest absolute Gasteiger partial charge is 0.507 e. The van der Waals surface area contributed by atoms with Crippen LogP contribution in [0.3, 0.4) is 0 Å². The fraction of sp³-hybridized carbons (Fsp3) is 0.133. The highest BCUT2D eigenvalue weighted by atomic mass is 16.3. The number of rotatable bonds is 9. The Hall–Kier alpha value is -7.56. The van der Waals surface area contributed by atoms with Crippen LogP contribution < -0.4 is 4.90 Å². The summed E-state index contributed by atoms with van der Waals surface area (Å²) >= 11 is 0. The van der Waals surface area contributed by atoms with Crippen molar-refractivity contribution in [2.75, 3.05) is 4.90 Å². The number of phenols is 1. The number of benzene rings is 7. The van der Waals surface area contributed by atoms with E-state index in [1.54, 1.807) is 0 Å². The van der Waals surface area contributed by atoms with E-state index in [0.29, 0.717) is 17.1 Å². The fourth-order valence-electron chi connectivity index (χ4n) is 8.41. The lowest BCUT2D eigenvalue weighted by Crippen LogP contribution is -2.17. The van der Waals surface area contributed by atoms with Crippen molar-refractivity contribution in [2.45, 2.75) is 52.4 Å². The first kappa shape index (κ1) is 41.8. The van der Waals surface area contributed by atoms with E-state index < -0.39 is 0 Å². The van der Waals surface area contributed by atoms with Crippen LogP contribution in [-0.4, -0.2) is 15.1 Å². The Balaban J connectivity index is 1.37. The molecule has 4 nitrogen and oxygen atoms in total. The Morgan fingerprint density at radius 1 is 0.406 bits per heavy atom. The molecule has 64 heavy (non-hydrogen) atoms. The Kier molecular flexibility index (Phi) is 11.3. The predicted molar refractivity (Wildman–Crippen MR) is 268 cm³/mol. The molecule has 0 aliphatic heterocycles. The monoisotopic (exact) mass is 831 g/mol. The average Bonchev–Trinajstić information content (AvgIpc) is 3.32. The van der Waals surface area contributed by atoms with Gasteiger partial charge in [-0.25, -0.2) is 4.98 Å². The molecule has 0 atom stereocenters. The summed E-state index contributed by atoms with van der Waals surface area (Å²) in [5, 5.41) is 12.4. The van der Waals surface area contributed by atoms with Crippen molar-refractivity contribution in [3.63, 3.8) is 0 Å². The predicted octanol–water partition coefficient (Wildman–Crippen LogP) is 16.2. The number of hydrogen-bond donors (Lipinski definition) is 1. The summed E-state index contributed by atoms with van der Waals surface area (Å²) < 4.78 is 0. The van der Waals surface area contributed by atoms with E-state index in [4.69, 9.17) is 9.97 Å². The van der Waals surface area contributed by atoms with Crippen molar-refractivity contribution < 1.29 is 5.11 Å². The molecule has 0 spiro atoms. The van der Waals surface area contributed by atoms with Crippen LogP contribution in [-0.2, 0) is 10.8 Å². The van der Waals surface area contributed by atoms with Gasteiger partial charge in [0.25, 0.3) is 0 Å². The number of hydrogen-bond acceptors (Lipinski definition) is 4. The number of aromatic nitrogens is 2. The van der Waals surface area contributed by atoms with Gasteiger partial charge >= 0.3 is 0 Å². The summed E-state index contributed by atoms with van der Waals surface area (Å²) in [5.74, 6) is 0.956. The van der Waals surface area contributed by atoms with Crippen molar-refractivity contribution in [2.24, 2.45) is 0 Å². The standard InChI is InChI=1S/C60H53N3O/c1-59(2,3)49-39-52(58(64)53(40-49)60(4,5)6)55-37-47(43-25-15-9-16-26-43)38-57(62-55)63(56-30-20-19-29-51(56)44-27-17-10-18-28-44)50-34-46(42-23-13-8-14-24-42)33-48(35-50)54-36-45(31-32-61-54)41-21-11-7-12-22-41/h7-40,64H,1-6H3. The summed E-state index contributed by atoms with van der Waals surface area (Å²) in [6.45, 7) is 13.1. The van der Waals surface area contributed by atoms with Crippen LogP contribution in [0, 0.1) is 0 Å². The molecule has 1 N–H and O–H groups in total. The first-order chi connectivity index (χ1) is 30.9. The van der Waals surface area contributed by atoms with Gasteiger partial charge < -0.3 is 5.11 Å². The molecule has 0 unspecified atom stereocenters. The van der Waals surface area contributed by atoms with Gasteiger partial charge in [-0.2, -0.15) is 0 Å². The van der Waals surface area contributed by atoms with E-state index in [2.05, 4.69) is 234 Å². The Morgan fingerprint density at radius 3 is 1.52 bits per heavy atom. The highest BCUT2D eigenvalue weighted by molar-refractivity contribution is 5.92. The summed E-state index contributed by atoms with van der Waals surface area (Å²) in [6.07, 6.45) is 1.90. The molecule has 0 radical (unpaired) electrons. The van der Waals surface area contributed by atoms with Gasteiger partial charge in [0.15, 0.2) is 0 Å². The van der Waals surface area contributed by atoms with Crippen molar-refractivity contribution in [3.8, 4) is 72.8 Å². The lowest BCUT2D eigenvalue weighted by Gasteiger charge is -2.30. The van der Waals surface area contributed by atoms with E-state index in [9.17, 15) is 5.11 Å².